The second kappa shape index (κ2) is 8.35. The molecule has 1 unspecified atom stereocenters. The normalized spacial score (nSPS) is 11.9. The Morgan fingerprint density at radius 1 is 1.05 bits per heavy atom. The first kappa shape index (κ1) is 16.2. The minimum absolute atomic E-state index is 0.154. The molecular weight excluding hydrogens is 272 g/mol. The van der Waals surface area contributed by atoms with E-state index in [0.29, 0.717) is 19.5 Å². The molecule has 3 nitrogen and oxygen atoms in total. The van der Waals surface area contributed by atoms with E-state index in [4.69, 9.17) is 0 Å². The van der Waals surface area contributed by atoms with Crippen molar-refractivity contribution in [2.75, 3.05) is 18.0 Å². The van der Waals surface area contributed by atoms with Crippen molar-refractivity contribution in [1.29, 1.82) is 0 Å². The Kier molecular flexibility index (Phi) is 6.16. The second-order valence-electron chi connectivity index (χ2n) is 5.31. The molecule has 2 aromatic carbocycles. The number of para-hydroxylation sites is 1. The first-order chi connectivity index (χ1) is 10.7. The molecule has 0 bridgehead atoms. The number of nitrogens with one attached hydrogen (secondary N) is 1. The van der Waals surface area contributed by atoms with Crippen LogP contribution in [0.4, 0.5) is 5.69 Å². The largest absolute Gasteiger partial charge is 0.313 e. The molecule has 0 aliphatic carbocycles. The fourth-order valence-electron chi connectivity index (χ4n) is 2.50. The molecule has 1 amide bonds. The Morgan fingerprint density at radius 3 is 2.23 bits per heavy atom. The van der Waals surface area contributed by atoms with Gasteiger partial charge in [-0.15, -0.1) is 0 Å². The number of amides is 1. The zero-order valence-corrected chi connectivity index (χ0v) is 13.3. The van der Waals surface area contributed by atoms with Gasteiger partial charge < -0.3 is 10.2 Å². The maximum absolute atomic E-state index is 12.4. The van der Waals surface area contributed by atoms with Crippen molar-refractivity contribution in [2.45, 2.75) is 26.3 Å². The van der Waals surface area contributed by atoms with Crippen LogP contribution < -0.4 is 10.2 Å². The summed E-state index contributed by atoms with van der Waals surface area (Å²) in [5, 5.41) is 3.41. The molecule has 0 radical (unpaired) electrons. The summed E-state index contributed by atoms with van der Waals surface area (Å²) in [5.41, 5.74) is 2.21. The van der Waals surface area contributed by atoms with Gasteiger partial charge in [-0.25, -0.2) is 0 Å². The number of anilines is 1. The summed E-state index contributed by atoms with van der Waals surface area (Å²) in [6.07, 6.45) is 0.500. The van der Waals surface area contributed by atoms with Crippen LogP contribution >= 0.6 is 0 Å². The number of nitrogens with zero attached hydrogens (tertiary/aromatic N) is 1. The number of hydrogen-bond acceptors (Lipinski definition) is 2. The Hall–Kier alpha value is -2.13. The lowest BCUT2D eigenvalue weighted by molar-refractivity contribution is -0.118. The highest BCUT2D eigenvalue weighted by Crippen LogP contribution is 2.14. The quantitative estimate of drug-likeness (QED) is 0.843. The predicted octanol–water partition coefficient (Wildman–Crippen LogP) is 3.78. The van der Waals surface area contributed by atoms with Gasteiger partial charge in [-0.2, -0.15) is 0 Å². The molecule has 0 spiro atoms. The van der Waals surface area contributed by atoms with Crippen LogP contribution in [-0.4, -0.2) is 19.0 Å². The first-order valence-electron chi connectivity index (χ1n) is 7.86. The van der Waals surface area contributed by atoms with Crippen LogP contribution in [0, 0.1) is 0 Å². The molecule has 3 heteroatoms. The second-order valence-corrected chi connectivity index (χ2v) is 5.31. The van der Waals surface area contributed by atoms with Crippen molar-refractivity contribution in [3.63, 3.8) is 0 Å². The number of benzene rings is 2. The summed E-state index contributed by atoms with van der Waals surface area (Å²) < 4.78 is 0. The number of carbonyl (C=O) groups excluding carboxylic acids is 1. The molecule has 22 heavy (non-hydrogen) atoms. The van der Waals surface area contributed by atoms with E-state index in [-0.39, 0.29) is 11.9 Å². The minimum Gasteiger partial charge on any atom is -0.313 e. The predicted molar refractivity (Wildman–Crippen MR) is 91.9 cm³/mol. The highest BCUT2D eigenvalue weighted by atomic mass is 16.2. The Labute approximate surface area is 133 Å². The van der Waals surface area contributed by atoms with Gasteiger partial charge in [0.05, 0.1) is 0 Å². The van der Waals surface area contributed by atoms with Crippen LogP contribution in [0.25, 0.3) is 0 Å². The van der Waals surface area contributed by atoms with E-state index < -0.39 is 0 Å². The number of carbonyl (C=O) groups is 1. The van der Waals surface area contributed by atoms with Gasteiger partial charge in [0.15, 0.2) is 0 Å². The third-order valence-corrected chi connectivity index (χ3v) is 3.77. The van der Waals surface area contributed by atoms with Crippen molar-refractivity contribution in [3.8, 4) is 0 Å². The van der Waals surface area contributed by atoms with Crippen LogP contribution in [0.5, 0.6) is 0 Å². The van der Waals surface area contributed by atoms with Crippen LogP contribution in [0.15, 0.2) is 60.7 Å². The summed E-state index contributed by atoms with van der Waals surface area (Å²) in [5.74, 6) is 0.154. The van der Waals surface area contributed by atoms with Gasteiger partial charge in [0, 0.05) is 31.2 Å². The lowest BCUT2D eigenvalue weighted by atomic mass is 10.1. The molecule has 2 rings (SSSR count). The van der Waals surface area contributed by atoms with Crippen molar-refractivity contribution < 1.29 is 4.79 Å². The van der Waals surface area contributed by atoms with Crippen molar-refractivity contribution in [3.05, 3.63) is 66.2 Å². The zero-order chi connectivity index (χ0) is 15.8. The van der Waals surface area contributed by atoms with Crippen molar-refractivity contribution in [2.24, 2.45) is 0 Å². The number of rotatable bonds is 7. The maximum Gasteiger partial charge on any atom is 0.228 e. The molecule has 0 aliphatic rings. The Morgan fingerprint density at radius 2 is 1.64 bits per heavy atom. The average molecular weight is 296 g/mol. The Bertz CT molecular complexity index is 569. The lowest BCUT2D eigenvalue weighted by Gasteiger charge is -2.22. The van der Waals surface area contributed by atoms with Gasteiger partial charge >= 0.3 is 0 Å². The Balaban J connectivity index is 1.84. The SMILES string of the molecule is CCN(C(=O)CCNC(C)c1ccccc1)c1ccccc1. The topological polar surface area (TPSA) is 32.3 Å². The van der Waals surface area contributed by atoms with Crippen molar-refractivity contribution >= 4 is 11.6 Å². The molecular formula is C19H24N2O. The average Bonchev–Trinajstić information content (AvgIpc) is 2.57. The first-order valence-corrected chi connectivity index (χ1v) is 7.86. The summed E-state index contributed by atoms with van der Waals surface area (Å²) in [4.78, 5) is 14.2. The van der Waals surface area contributed by atoms with Gasteiger partial charge in [0.25, 0.3) is 0 Å². The molecule has 0 saturated carbocycles. The van der Waals surface area contributed by atoms with E-state index in [0.717, 1.165) is 5.69 Å². The van der Waals surface area contributed by atoms with Gasteiger partial charge in [-0.05, 0) is 31.5 Å². The van der Waals surface area contributed by atoms with E-state index in [1.54, 1.807) is 0 Å². The standard InChI is InChI=1S/C19H24N2O/c1-3-21(18-12-8-5-9-13-18)19(22)14-15-20-16(2)17-10-6-4-7-11-17/h4-13,16,20H,3,14-15H2,1-2H3. The molecule has 1 atom stereocenters. The summed E-state index contributed by atoms with van der Waals surface area (Å²) >= 11 is 0. The van der Waals surface area contributed by atoms with Gasteiger partial charge in [0.2, 0.25) is 5.91 Å². The van der Waals surface area contributed by atoms with Crippen LogP contribution in [0.1, 0.15) is 31.9 Å². The third-order valence-electron chi connectivity index (χ3n) is 3.77. The molecule has 0 fully saturated rings. The summed E-state index contributed by atoms with van der Waals surface area (Å²) in [6.45, 7) is 5.49. The fourth-order valence-corrected chi connectivity index (χ4v) is 2.50. The van der Waals surface area contributed by atoms with Crippen LogP contribution in [-0.2, 0) is 4.79 Å². The molecule has 0 aliphatic heterocycles. The van der Waals surface area contributed by atoms with Gasteiger partial charge in [-0.1, -0.05) is 48.5 Å². The van der Waals surface area contributed by atoms with Gasteiger partial charge in [0.1, 0.15) is 0 Å². The highest BCUT2D eigenvalue weighted by molar-refractivity contribution is 5.93. The van der Waals surface area contributed by atoms with Crippen LogP contribution in [0.2, 0.25) is 0 Å². The maximum atomic E-state index is 12.4. The fraction of sp³-hybridized carbons (Fsp3) is 0.316. The van der Waals surface area contributed by atoms with E-state index in [1.807, 2.05) is 60.4 Å². The van der Waals surface area contributed by atoms with E-state index >= 15 is 0 Å². The van der Waals surface area contributed by atoms with E-state index in [9.17, 15) is 4.79 Å². The highest BCUT2D eigenvalue weighted by Gasteiger charge is 2.13. The molecule has 0 aromatic heterocycles. The molecule has 116 valence electrons. The third kappa shape index (κ3) is 4.43. The monoisotopic (exact) mass is 296 g/mol. The molecule has 2 aromatic rings. The van der Waals surface area contributed by atoms with E-state index in [1.165, 1.54) is 5.56 Å². The summed E-state index contributed by atoms with van der Waals surface area (Å²) in [6, 6.07) is 20.4. The van der Waals surface area contributed by atoms with Gasteiger partial charge in [-0.3, -0.25) is 4.79 Å². The van der Waals surface area contributed by atoms with Crippen LogP contribution in [0.3, 0.4) is 0 Å². The number of hydrogen-bond donors (Lipinski definition) is 1. The minimum atomic E-state index is 0.154. The molecule has 1 N–H and O–H groups in total. The smallest absolute Gasteiger partial charge is 0.228 e. The molecule has 0 heterocycles. The molecule has 0 saturated heterocycles. The van der Waals surface area contributed by atoms with E-state index in [2.05, 4.69) is 24.4 Å². The zero-order valence-electron chi connectivity index (χ0n) is 13.3. The van der Waals surface area contributed by atoms with Crippen molar-refractivity contribution in [1.82, 2.24) is 5.32 Å². The summed E-state index contributed by atoms with van der Waals surface area (Å²) in [7, 11) is 0. The lowest BCUT2D eigenvalue weighted by Crippen LogP contribution is -2.33.